The number of aryl methyl sites for hydroxylation is 1. The van der Waals surface area contributed by atoms with Crippen LogP contribution in [0.5, 0.6) is 0 Å². The first-order valence-electron chi connectivity index (χ1n) is 6.66. The highest BCUT2D eigenvalue weighted by Crippen LogP contribution is 2.22. The molecule has 112 valence electrons. The zero-order chi connectivity index (χ0) is 15.9. The zero-order valence-corrected chi connectivity index (χ0v) is 13.3. The predicted octanol–water partition coefficient (Wildman–Crippen LogP) is 3.17. The third-order valence-corrected chi connectivity index (χ3v) is 4.38. The first-order valence-corrected chi connectivity index (χ1v) is 7.41. The van der Waals surface area contributed by atoms with Crippen molar-refractivity contribution >= 4 is 34.1 Å². The van der Waals surface area contributed by atoms with Crippen LogP contribution < -0.4 is 11.2 Å². The summed E-state index contributed by atoms with van der Waals surface area (Å²) in [5.74, 6) is 0. The molecule has 6 heteroatoms. The lowest BCUT2D eigenvalue weighted by molar-refractivity contribution is 0.627. The van der Waals surface area contributed by atoms with Crippen LogP contribution in [-0.2, 0) is 13.6 Å². The Morgan fingerprint density at radius 1 is 1.09 bits per heavy atom. The molecule has 1 N–H and O–H groups in total. The quantitative estimate of drug-likeness (QED) is 0.769. The Kier molecular flexibility index (Phi) is 3.81. The second-order valence-corrected chi connectivity index (χ2v) is 5.85. The molecule has 2 aromatic carbocycles. The zero-order valence-electron chi connectivity index (χ0n) is 11.8. The number of aromatic nitrogens is 2. The molecule has 4 nitrogen and oxygen atoms in total. The highest BCUT2D eigenvalue weighted by Gasteiger charge is 2.09. The lowest BCUT2D eigenvalue weighted by atomic mass is 10.2. The third kappa shape index (κ3) is 2.45. The van der Waals surface area contributed by atoms with Gasteiger partial charge in [0.2, 0.25) is 5.62 Å². The van der Waals surface area contributed by atoms with E-state index in [1.807, 2.05) is 18.2 Å². The van der Waals surface area contributed by atoms with Crippen LogP contribution in [0.2, 0.25) is 10.0 Å². The Hall–Kier alpha value is -2.04. The number of nitrogens with one attached hydrogen (secondary N) is 1. The number of hydrogen-bond acceptors (Lipinski definition) is 2. The Morgan fingerprint density at radius 3 is 2.55 bits per heavy atom. The largest absolute Gasteiger partial charge is 0.315 e. The summed E-state index contributed by atoms with van der Waals surface area (Å²) in [7, 11) is 1.77. The highest BCUT2D eigenvalue weighted by atomic mass is 35.5. The van der Waals surface area contributed by atoms with Gasteiger partial charge in [-0.25, -0.2) is 0 Å². The van der Waals surface area contributed by atoms with Crippen LogP contribution in [0.25, 0.3) is 10.9 Å². The summed E-state index contributed by atoms with van der Waals surface area (Å²) in [5, 5.41) is 9.71. The molecule has 0 aliphatic rings. The molecule has 0 radical (unpaired) electrons. The van der Waals surface area contributed by atoms with Gasteiger partial charge >= 0.3 is 0 Å². The van der Waals surface area contributed by atoms with Gasteiger partial charge in [-0.15, -0.1) is 0 Å². The molecule has 0 aliphatic carbocycles. The summed E-state index contributed by atoms with van der Waals surface area (Å²) in [6, 6.07) is 12.5. The topological polar surface area (TPSA) is 50.8 Å². The van der Waals surface area contributed by atoms with Crippen molar-refractivity contribution in [2.75, 3.05) is 0 Å². The van der Waals surface area contributed by atoms with E-state index in [9.17, 15) is 4.79 Å². The third-order valence-electron chi connectivity index (χ3n) is 3.64. The molecular weight excluding hydrogens is 321 g/mol. The van der Waals surface area contributed by atoms with Gasteiger partial charge < -0.3 is 4.57 Å². The second-order valence-electron chi connectivity index (χ2n) is 5.04. The lowest BCUT2D eigenvalue weighted by Crippen LogP contribution is -2.39. The van der Waals surface area contributed by atoms with Crippen LogP contribution in [0.4, 0.5) is 0 Å². The minimum atomic E-state index is -0.190. The van der Waals surface area contributed by atoms with Crippen LogP contribution in [-0.4, -0.2) is 9.13 Å². The van der Waals surface area contributed by atoms with Gasteiger partial charge in [0.15, 0.2) is 0 Å². The molecule has 22 heavy (non-hydrogen) atoms. The van der Waals surface area contributed by atoms with E-state index in [0.29, 0.717) is 15.4 Å². The van der Waals surface area contributed by atoms with Crippen LogP contribution in [0.1, 0.15) is 5.56 Å². The van der Waals surface area contributed by atoms with Crippen molar-refractivity contribution < 1.29 is 0 Å². The van der Waals surface area contributed by atoms with Gasteiger partial charge in [0.1, 0.15) is 0 Å². The Morgan fingerprint density at radius 2 is 1.82 bits per heavy atom. The summed E-state index contributed by atoms with van der Waals surface area (Å²) < 4.78 is 3.11. The molecule has 0 spiro atoms. The molecule has 0 saturated carbocycles. The Labute approximate surface area is 136 Å². The fourth-order valence-corrected chi connectivity index (χ4v) is 2.77. The fraction of sp³-hybridized carbons (Fsp3) is 0.125. The molecular formula is C16H13Cl2N3O. The Balaban J connectivity index is 2.21. The monoisotopic (exact) mass is 333 g/mol. The van der Waals surface area contributed by atoms with Crippen molar-refractivity contribution in [3.8, 4) is 0 Å². The Bertz CT molecular complexity index is 989. The standard InChI is InChI=1S/C16H13Cl2N3O/c1-20-14-5-3-2-4-11(14)15(22)21(16(20)19)9-10-6-7-12(17)13(18)8-10/h2-8,19H,9H2,1H3. The van der Waals surface area contributed by atoms with Crippen LogP contribution >= 0.6 is 23.2 Å². The number of fused-ring (bicyclic) bond motifs is 1. The van der Waals surface area contributed by atoms with E-state index in [0.717, 1.165) is 11.1 Å². The first kappa shape index (κ1) is 14.9. The predicted molar refractivity (Wildman–Crippen MR) is 88.6 cm³/mol. The summed E-state index contributed by atoms with van der Waals surface area (Å²) >= 11 is 11.9. The van der Waals surface area contributed by atoms with Gasteiger partial charge in [-0.3, -0.25) is 14.8 Å². The van der Waals surface area contributed by atoms with Crippen LogP contribution in [0.3, 0.4) is 0 Å². The molecule has 3 aromatic rings. The van der Waals surface area contributed by atoms with E-state index in [1.54, 1.807) is 35.9 Å². The smallest absolute Gasteiger partial charge is 0.263 e. The van der Waals surface area contributed by atoms with E-state index < -0.39 is 0 Å². The van der Waals surface area contributed by atoms with Crippen molar-refractivity contribution in [2.45, 2.75) is 6.54 Å². The molecule has 0 saturated heterocycles. The average molecular weight is 334 g/mol. The van der Waals surface area contributed by atoms with E-state index in [1.165, 1.54) is 4.57 Å². The van der Waals surface area contributed by atoms with Crippen LogP contribution in [0, 0.1) is 5.41 Å². The number of nitrogens with zero attached hydrogens (tertiary/aromatic N) is 2. The molecule has 0 fully saturated rings. The maximum absolute atomic E-state index is 12.6. The summed E-state index contributed by atoms with van der Waals surface area (Å²) in [5.41, 5.74) is 1.50. The normalized spacial score (nSPS) is 11.0. The number of para-hydroxylation sites is 1. The molecule has 0 unspecified atom stereocenters. The minimum Gasteiger partial charge on any atom is -0.315 e. The molecule has 0 bridgehead atoms. The van der Waals surface area contributed by atoms with E-state index in [2.05, 4.69) is 0 Å². The summed E-state index contributed by atoms with van der Waals surface area (Å²) in [4.78, 5) is 12.6. The number of rotatable bonds is 2. The fourth-order valence-electron chi connectivity index (χ4n) is 2.45. The van der Waals surface area contributed by atoms with Crippen molar-refractivity contribution in [1.82, 2.24) is 9.13 Å². The molecule has 0 atom stereocenters. The molecule has 3 rings (SSSR count). The number of halogens is 2. The summed E-state index contributed by atoms with van der Waals surface area (Å²) in [6.07, 6.45) is 0. The van der Waals surface area contributed by atoms with Crippen molar-refractivity contribution in [3.05, 3.63) is 74.0 Å². The molecule has 1 aromatic heterocycles. The highest BCUT2D eigenvalue weighted by molar-refractivity contribution is 6.42. The van der Waals surface area contributed by atoms with E-state index >= 15 is 0 Å². The van der Waals surface area contributed by atoms with Gasteiger partial charge in [-0.05, 0) is 29.8 Å². The maximum atomic E-state index is 12.6. The molecule has 0 amide bonds. The van der Waals surface area contributed by atoms with Crippen molar-refractivity contribution in [1.29, 1.82) is 5.41 Å². The van der Waals surface area contributed by atoms with E-state index in [-0.39, 0.29) is 17.7 Å². The van der Waals surface area contributed by atoms with Gasteiger partial charge in [-0.1, -0.05) is 41.4 Å². The lowest BCUT2D eigenvalue weighted by Gasteiger charge is -2.12. The first-order chi connectivity index (χ1) is 10.5. The maximum Gasteiger partial charge on any atom is 0.263 e. The van der Waals surface area contributed by atoms with Gasteiger partial charge in [0.25, 0.3) is 5.56 Å². The van der Waals surface area contributed by atoms with E-state index in [4.69, 9.17) is 28.6 Å². The minimum absolute atomic E-state index is 0.134. The molecule has 1 heterocycles. The molecule has 0 aliphatic heterocycles. The van der Waals surface area contributed by atoms with Gasteiger partial charge in [0.05, 0.1) is 27.5 Å². The van der Waals surface area contributed by atoms with Crippen molar-refractivity contribution in [3.63, 3.8) is 0 Å². The average Bonchev–Trinajstić information content (AvgIpc) is 2.53. The SMILES string of the molecule is Cn1c(=N)n(Cc2ccc(Cl)c(Cl)c2)c(=O)c2ccccc21. The van der Waals surface area contributed by atoms with Crippen molar-refractivity contribution in [2.24, 2.45) is 7.05 Å². The van der Waals surface area contributed by atoms with Gasteiger partial charge in [0, 0.05) is 7.05 Å². The summed E-state index contributed by atoms with van der Waals surface area (Å²) in [6.45, 7) is 0.271. The number of benzene rings is 2. The number of hydrogen-bond donors (Lipinski definition) is 1. The van der Waals surface area contributed by atoms with Crippen LogP contribution in [0.15, 0.2) is 47.3 Å². The van der Waals surface area contributed by atoms with Gasteiger partial charge in [-0.2, -0.15) is 0 Å². The second kappa shape index (κ2) is 5.63.